The lowest BCUT2D eigenvalue weighted by molar-refractivity contribution is -0.159. The summed E-state index contributed by atoms with van der Waals surface area (Å²) >= 11 is 0. The Bertz CT molecular complexity index is 793. The molecule has 0 aromatic heterocycles. The molecule has 3 saturated carbocycles. The first kappa shape index (κ1) is 19.4. The number of rotatable bonds is 3. The van der Waals surface area contributed by atoms with Gasteiger partial charge in [0, 0.05) is 17.4 Å². The molecule has 0 radical (unpaired) electrons. The molecule has 0 aromatic rings. The predicted molar refractivity (Wildman–Crippen MR) is 103 cm³/mol. The molecule has 150 valence electrons. The van der Waals surface area contributed by atoms with Gasteiger partial charge in [0.2, 0.25) is 0 Å². The van der Waals surface area contributed by atoms with Crippen LogP contribution in [-0.2, 0) is 14.3 Å². The van der Waals surface area contributed by atoms with Crippen molar-refractivity contribution in [1.82, 2.24) is 0 Å². The molecule has 0 aromatic carbocycles. The largest absolute Gasteiger partial charge is 0.450 e. The Hall–Kier alpha value is -1.93. The quantitative estimate of drug-likeness (QED) is 0.756. The number of aliphatic hydroxyl groups is 1. The van der Waals surface area contributed by atoms with Crippen LogP contribution in [0.25, 0.3) is 0 Å². The Balaban J connectivity index is 1.66. The molecule has 0 aliphatic heterocycles. The lowest BCUT2D eigenvalue weighted by atomic mass is 9.47. The highest BCUT2D eigenvalue weighted by molar-refractivity contribution is 6.01. The summed E-state index contributed by atoms with van der Waals surface area (Å²) in [7, 11) is 0. The second-order valence-corrected chi connectivity index (χ2v) is 9.49. The molecule has 4 aliphatic carbocycles. The molecule has 0 bridgehead atoms. The van der Waals surface area contributed by atoms with Gasteiger partial charge >= 0.3 is 5.97 Å². The smallest absolute Gasteiger partial charge is 0.310 e. The highest BCUT2D eigenvalue weighted by Crippen LogP contribution is 2.67. The van der Waals surface area contributed by atoms with E-state index < -0.39 is 5.41 Å². The number of fused-ring (bicyclic) bond motifs is 5. The molecule has 4 aliphatic rings. The summed E-state index contributed by atoms with van der Waals surface area (Å²) in [4.78, 5) is 24.7. The number of aliphatic hydroxyl groups excluding tert-OH is 1. The zero-order chi connectivity index (χ0) is 20.1. The minimum absolute atomic E-state index is 0.00865. The number of nitriles is 1. The van der Waals surface area contributed by atoms with E-state index in [0.717, 1.165) is 32.1 Å². The monoisotopic (exact) mass is 383 g/mol. The number of carbonyl (C=O) groups is 2. The average Bonchev–Trinajstić information content (AvgIpc) is 2.99. The van der Waals surface area contributed by atoms with Crippen LogP contribution in [0.3, 0.4) is 0 Å². The number of allylic oxidation sites excluding steroid dienone is 4. The molecule has 0 heterocycles. The number of ketones is 1. The van der Waals surface area contributed by atoms with Crippen LogP contribution in [-0.4, -0.2) is 30.1 Å². The summed E-state index contributed by atoms with van der Waals surface area (Å²) in [6, 6.07) is 1.88. The second-order valence-electron chi connectivity index (χ2n) is 9.49. The number of ether oxygens (including phenoxy) is 1. The maximum Gasteiger partial charge on any atom is 0.310 e. The molecule has 7 atom stereocenters. The first-order valence-electron chi connectivity index (χ1n) is 10.5. The zero-order valence-corrected chi connectivity index (χ0v) is 16.7. The third-order valence-corrected chi connectivity index (χ3v) is 8.45. The van der Waals surface area contributed by atoms with E-state index >= 15 is 0 Å². The molecule has 1 N–H and O–H groups in total. The molecule has 0 unspecified atom stereocenters. The van der Waals surface area contributed by atoms with Crippen LogP contribution in [0.1, 0.15) is 46.0 Å². The molecule has 0 spiro atoms. The fourth-order valence-electron chi connectivity index (χ4n) is 7.29. The van der Waals surface area contributed by atoms with Crippen LogP contribution in [0.5, 0.6) is 0 Å². The van der Waals surface area contributed by atoms with Gasteiger partial charge in [-0.25, -0.2) is 0 Å². The minimum atomic E-state index is -0.446. The van der Waals surface area contributed by atoms with Gasteiger partial charge < -0.3 is 9.84 Å². The number of hydrogen-bond acceptors (Lipinski definition) is 5. The fraction of sp³-hybridized carbons (Fsp3) is 0.696. The Morgan fingerprint density at radius 3 is 2.89 bits per heavy atom. The predicted octanol–water partition coefficient (Wildman–Crippen LogP) is 3.20. The minimum Gasteiger partial charge on any atom is -0.450 e. The molecule has 3 fully saturated rings. The van der Waals surface area contributed by atoms with Crippen LogP contribution < -0.4 is 0 Å². The van der Waals surface area contributed by atoms with Crippen LogP contribution in [0, 0.1) is 51.8 Å². The van der Waals surface area contributed by atoms with Crippen molar-refractivity contribution in [3.05, 3.63) is 23.8 Å². The van der Waals surface area contributed by atoms with E-state index in [-0.39, 0.29) is 48.1 Å². The normalized spacial score (nSPS) is 44.0. The summed E-state index contributed by atoms with van der Waals surface area (Å²) < 4.78 is 5.21. The van der Waals surface area contributed by atoms with Crippen molar-refractivity contribution in [2.75, 3.05) is 13.2 Å². The Labute approximate surface area is 166 Å². The highest BCUT2D eigenvalue weighted by atomic mass is 16.5. The van der Waals surface area contributed by atoms with Crippen LogP contribution in [0.15, 0.2) is 23.8 Å². The van der Waals surface area contributed by atoms with Crippen LogP contribution >= 0.6 is 0 Å². The van der Waals surface area contributed by atoms with Crippen molar-refractivity contribution >= 4 is 11.8 Å². The summed E-state index contributed by atoms with van der Waals surface area (Å²) in [5, 5.41) is 19.3. The van der Waals surface area contributed by atoms with Crippen molar-refractivity contribution in [3.63, 3.8) is 0 Å². The Morgan fingerprint density at radius 2 is 2.18 bits per heavy atom. The molecule has 5 heteroatoms. The highest BCUT2D eigenvalue weighted by Gasteiger charge is 2.64. The maximum atomic E-state index is 12.8. The Kier molecular flexibility index (Phi) is 4.74. The van der Waals surface area contributed by atoms with Gasteiger partial charge in [-0.05, 0) is 67.9 Å². The van der Waals surface area contributed by atoms with Gasteiger partial charge in [0.15, 0.2) is 12.4 Å². The van der Waals surface area contributed by atoms with Crippen molar-refractivity contribution < 1.29 is 19.4 Å². The van der Waals surface area contributed by atoms with Crippen molar-refractivity contribution in [1.29, 1.82) is 5.26 Å². The van der Waals surface area contributed by atoms with Gasteiger partial charge in [-0.3, -0.25) is 9.59 Å². The SMILES string of the molecule is C[C@@H]1C[C@H]2[C@@H]3CCC4=CC(=O)C=C[C@]4(C)[C@H]3CC[C@]2(CO)[C@H]1C(=O)OCC#N. The van der Waals surface area contributed by atoms with Gasteiger partial charge in [0.05, 0.1) is 5.92 Å². The van der Waals surface area contributed by atoms with Crippen molar-refractivity contribution in [2.24, 2.45) is 40.4 Å². The second kappa shape index (κ2) is 6.84. The number of carbonyl (C=O) groups excluding carboxylic acids is 2. The molecule has 28 heavy (non-hydrogen) atoms. The Morgan fingerprint density at radius 1 is 1.39 bits per heavy atom. The maximum absolute atomic E-state index is 12.8. The first-order chi connectivity index (χ1) is 13.4. The van der Waals surface area contributed by atoms with Crippen molar-refractivity contribution in [2.45, 2.75) is 46.0 Å². The van der Waals surface area contributed by atoms with E-state index in [9.17, 15) is 14.7 Å². The van der Waals surface area contributed by atoms with E-state index in [1.54, 1.807) is 6.08 Å². The zero-order valence-electron chi connectivity index (χ0n) is 16.7. The van der Waals surface area contributed by atoms with Crippen LogP contribution in [0.4, 0.5) is 0 Å². The third kappa shape index (κ3) is 2.61. The van der Waals surface area contributed by atoms with Gasteiger partial charge in [0.25, 0.3) is 0 Å². The van der Waals surface area contributed by atoms with E-state index in [0.29, 0.717) is 11.8 Å². The molecule has 0 amide bonds. The van der Waals surface area contributed by atoms with Gasteiger partial charge in [-0.15, -0.1) is 0 Å². The standard InChI is InChI=1S/C23H29NO4/c1-14-11-19-17-4-3-15-12-16(26)5-7-22(15,2)18(17)6-8-23(19,13-25)20(14)21(27)28-10-9-24/h5,7,12,14,17-20,25H,3-4,6,8,10-11,13H2,1-2H3/t14-,17-,18+,19+,20-,22+,23-/m1/s1. The van der Waals surface area contributed by atoms with E-state index in [2.05, 4.69) is 19.9 Å². The molecule has 5 nitrogen and oxygen atoms in total. The summed E-state index contributed by atoms with van der Waals surface area (Å²) in [5.41, 5.74) is 0.703. The van der Waals surface area contributed by atoms with Crippen LogP contribution in [0.2, 0.25) is 0 Å². The topological polar surface area (TPSA) is 87.4 Å². The molecule has 4 rings (SSSR count). The fourth-order valence-corrected chi connectivity index (χ4v) is 7.29. The first-order valence-corrected chi connectivity index (χ1v) is 10.5. The van der Waals surface area contributed by atoms with Gasteiger partial charge in [-0.2, -0.15) is 5.26 Å². The lowest BCUT2D eigenvalue weighted by Crippen LogP contribution is -2.53. The number of nitrogens with zero attached hydrogens (tertiary/aromatic N) is 1. The summed E-state index contributed by atoms with van der Waals surface area (Å²) in [6.07, 6.45) is 10.2. The van der Waals surface area contributed by atoms with Gasteiger partial charge in [-0.1, -0.05) is 25.5 Å². The molecular formula is C23H29NO4. The molecular weight excluding hydrogens is 354 g/mol. The summed E-state index contributed by atoms with van der Waals surface area (Å²) in [6.45, 7) is 4.09. The summed E-state index contributed by atoms with van der Waals surface area (Å²) in [5.74, 6) is 0.686. The lowest BCUT2D eigenvalue weighted by Gasteiger charge is -2.57. The average molecular weight is 383 g/mol. The van der Waals surface area contributed by atoms with Gasteiger partial charge in [0.1, 0.15) is 6.07 Å². The number of hydrogen-bond donors (Lipinski definition) is 1. The van der Waals surface area contributed by atoms with Crippen molar-refractivity contribution in [3.8, 4) is 6.07 Å². The number of esters is 1. The third-order valence-electron chi connectivity index (χ3n) is 8.45. The molecule has 0 saturated heterocycles. The van der Waals surface area contributed by atoms with E-state index in [1.807, 2.05) is 12.1 Å². The van der Waals surface area contributed by atoms with E-state index in [4.69, 9.17) is 10.00 Å². The van der Waals surface area contributed by atoms with E-state index in [1.165, 1.54) is 5.57 Å².